The van der Waals surface area contributed by atoms with E-state index >= 15 is 0 Å². The number of allylic oxidation sites excluding steroid dienone is 1. The average molecular weight is 382 g/mol. The van der Waals surface area contributed by atoms with E-state index in [4.69, 9.17) is 12.2 Å². The van der Waals surface area contributed by atoms with E-state index in [1.807, 2.05) is 18.2 Å². The van der Waals surface area contributed by atoms with Gasteiger partial charge in [-0.2, -0.15) is 0 Å². The van der Waals surface area contributed by atoms with Crippen LogP contribution in [-0.4, -0.2) is 5.11 Å². The number of hydrogen-bond acceptors (Lipinski definition) is 1. The monoisotopic (exact) mass is 382 g/mol. The summed E-state index contributed by atoms with van der Waals surface area (Å²) in [5.41, 5.74) is 4.08. The van der Waals surface area contributed by atoms with E-state index in [1.165, 1.54) is 12.1 Å². The number of rotatable bonds is 2. The van der Waals surface area contributed by atoms with Crippen LogP contribution in [0, 0.1) is 17.6 Å². The van der Waals surface area contributed by atoms with Gasteiger partial charge in [0.1, 0.15) is 11.6 Å². The Morgan fingerprint density at radius 1 is 1.00 bits per heavy atom. The Bertz CT molecular complexity index is 964. The van der Waals surface area contributed by atoms with Crippen LogP contribution in [0.25, 0.3) is 6.08 Å². The summed E-state index contributed by atoms with van der Waals surface area (Å²) >= 11 is 5.39. The Morgan fingerprint density at radius 3 is 2.44 bits per heavy atom. The lowest BCUT2D eigenvalue weighted by Crippen LogP contribution is -2.46. The molecule has 0 bridgehead atoms. The molecule has 5 heteroatoms. The van der Waals surface area contributed by atoms with Crippen molar-refractivity contribution >= 4 is 23.4 Å². The number of halogens is 2. The molecule has 2 nitrogen and oxygen atoms in total. The highest BCUT2D eigenvalue weighted by Gasteiger charge is 2.33. The largest absolute Gasteiger partial charge is 0.352 e. The molecule has 0 aromatic heterocycles. The van der Waals surface area contributed by atoms with Gasteiger partial charge in [0.25, 0.3) is 0 Å². The van der Waals surface area contributed by atoms with Crippen LogP contribution in [0.5, 0.6) is 0 Å². The van der Waals surface area contributed by atoms with E-state index in [-0.39, 0.29) is 17.7 Å². The van der Waals surface area contributed by atoms with Crippen LogP contribution in [0.2, 0.25) is 0 Å². The molecule has 2 aliphatic rings. The zero-order valence-electron chi connectivity index (χ0n) is 14.9. The molecule has 1 heterocycles. The minimum Gasteiger partial charge on any atom is -0.352 e. The summed E-state index contributed by atoms with van der Waals surface area (Å²) in [5.74, 6) is -0.150. The molecule has 0 saturated heterocycles. The first kappa shape index (κ1) is 17.9. The number of nitrogens with one attached hydrogen (secondary N) is 2. The van der Waals surface area contributed by atoms with Gasteiger partial charge in [-0.25, -0.2) is 8.78 Å². The van der Waals surface area contributed by atoms with Crippen molar-refractivity contribution in [1.29, 1.82) is 0 Å². The third kappa shape index (κ3) is 3.52. The van der Waals surface area contributed by atoms with Gasteiger partial charge in [-0.1, -0.05) is 43.3 Å². The van der Waals surface area contributed by atoms with Crippen LogP contribution in [0.4, 0.5) is 8.78 Å². The van der Waals surface area contributed by atoms with Crippen molar-refractivity contribution in [3.8, 4) is 0 Å². The Labute approximate surface area is 163 Å². The normalized spacial score (nSPS) is 23.7. The lowest BCUT2D eigenvalue weighted by molar-refractivity contribution is 0.489. The molecule has 1 aliphatic carbocycles. The van der Waals surface area contributed by atoms with Gasteiger partial charge in [0.05, 0.1) is 6.04 Å². The molecule has 0 fully saturated rings. The lowest BCUT2D eigenvalue weighted by Gasteiger charge is -2.38. The van der Waals surface area contributed by atoms with Gasteiger partial charge in [0.15, 0.2) is 5.11 Å². The third-order valence-corrected chi connectivity index (χ3v) is 5.31. The van der Waals surface area contributed by atoms with Crippen molar-refractivity contribution < 1.29 is 8.78 Å². The SMILES string of the molecule is C[C@H]1CC2=C(NC(=S)N[C@@H]2c2ccccc2F)/C(=C/c2ccccc2F)C1. The predicted molar refractivity (Wildman–Crippen MR) is 108 cm³/mol. The van der Waals surface area contributed by atoms with Crippen LogP contribution in [0.3, 0.4) is 0 Å². The first-order chi connectivity index (χ1) is 13.0. The van der Waals surface area contributed by atoms with Gasteiger partial charge in [-0.3, -0.25) is 0 Å². The minimum atomic E-state index is -0.318. The second kappa shape index (κ2) is 7.24. The maximum Gasteiger partial charge on any atom is 0.171 e. The molecule has 1 aliphatic heterocycles. The summed E-state index contributed by atoms with van der Waals surface area (Å²) in [4.78, 5) is 0. The van der Waals surface area contributed by atoms with Crippen LogP contribution >= 0.6 is 12.2 Å². The zero-order chi connectivity index (χ0) is 19.0. The maximum atomic E-state index is 14.5. The molecule has 4 rings (SSSR count). The van der Waals surface area contributed by atoms with E-state index in [9.17, 15) is 8.78 Å². The van der Waals surface area contributed by atoms with Gasteiger partial charge in [-0.15, -0.1) is 0 Å². The lowest BCUT2D eigenvalue weighted by atomic mass is 9.78. The average Bonchev–Trinajstić information content (AvgIpc) is 2.64. The van der Waals surface area contributed by atoms with Crippen molar-refractivity contribution in [2.24, 2.45) is 5.92 Å². The fourth-order valence-corrected chi connectivity index (χ4v) is 4.13. The third-order valence-electron chi connectivity index (χ3n) is 5.09. The van der Waals surface area contributed by atoms with Gasteiger partial charge in [0.2, 0.25) is 0 Å². The summed E-state index contributed by atoms with van der Waals surface area (Å²) in [6.07, 6.45) is 3.51. The van der Waals surface area contributed by atoms with E-state index in [0.717, 1.165) is 29.7 Å². The summed E-state index contributed by atoms with van der Waals surface area (Å²) in [7, 11) is 0. The summed E-state index contributed by atoms with van der Waals surface area (Å²) in [6, 6.07) is 13.1. The van der Waals surface area contributed by atoms with Crippen molar-refractivity contribution in [2.45, 2.75) is 25.8 Å². The highest BCUT2D eigenvalue weighted by atomic mass is 32.1. The fourth-order valence-electron chi connectivity index (χ4n) is 3.91. The maximum absolute atomic E-state index is 14.5. The molecule has 0 radical (unpaired) electrons. The van der Waals surface area contributed by atoms with Crippen LogP contribution in [-0.2, 0) is 0 Å². The molecule has 2 atom stereocenters. The van der Waals surface area contributed by atoms with Crippen molar-refractivity contribution in [2.75, 3.05) is 0 Å². The summed E-state index contributed by atoms with van der Waals surface area (Å²) < 4.78 is 28.6. The second-order valence-electron chi connectivity index (χ2n) is 7.16. The van der Waals surface area contributed by atoms with E-state index in [2.05, 4.69) is 17.6 Å². The first-order valence-corrected chi connectivity index (χ1v) is 9.44. The van der Waals surface area contributed by atoms with Gasteiger partial charge >= 0.3 is 0 Å². The topological polar surface area (TPSA) is 24.1 Å². The van der Waals surface area contributed by atoms with E-state index in [1.54, 1.807) is 24.3 Å². The second-order valence-corrected chi connectivity index (χ2v) is 7.57. The van der Waals surface area contributed by atoms with Crippen LogP contribution < -0.4 is 10.6 Å². The molecule has 27 heavy (non-hydrogen) atoms. The highest BCUT2D eigenvalue weighted by Crippen LogP contribution is 2.41. The quantitative estimate of drug-likeness (QED) is 0.694. The molecular weight excluding hydrogens is 362 g/mol. The minimum absolute atomic E-state index is 0.257. The predicted octanol–water partition coefficient (Wildman–Crippen LogP) is 5.25. The zero-order valence-corrected chi connectivity index (χ0v) is 15.7. The molecule has 0 spiro atoms. The fraction of sp³-hybridized carbons (Fsp3) is 0.227. The van der Waals surface area contributed by atoms with Crippen molar-refractivity contribution in [3.63, 3.8) is 0 Å². The Kier molecular flexibility index (Phi) is 4.79. The highest BCUT2D eigenvalue weighted by molar-refractivity contribution is 7.80. The van der Waals surface area contributed by atoms with Gasteiger partial charge in [-0.05, 0) is 60.3 Å². The molecule has 0 amide bonds. The molecular formula is C22H20F2N2S. The van der Waals surface area contributed by atoms with Crippen LogP contribution in [0.15, 0.2) is 65.4 Å². The van der Waals surface area contributed by atoms with Gasteiger partial charge < -0.3 is 10.6 Å². The Balaban J connectivity index is 1.84. The van der Waals surface area contributed by atoms with Crippen LogP contribution in [0.1, 0.15) is 36.9 Å². The summed E-state index contributed by atoms with van der Waals surface area (Å²) in [5, 5.41) is 6.90. The van der Waals surface area contributed by atoms with E-state index in [0.29, 0.717) is 22.2 Å². The first-order valence-electron chi connectivity index (χ1n) is 9.03. The van der Waals surface area contributed by atoms with E-state index < -0.39 is 0 Å². The smallest absolute Gasteiger partial charge is 0.171 e. The molecule has 0 unspecified atom stereocenters. The number of thiocarbonyl (C=S) groups is 1. The van der Waals surface area contributed by atoms with Gasteiger partial charge in [0, 0.05) is 16.8 Å². The molecule has 2 N–H and O–H groups in total. The number of hydrogen-bond donors (Lipinski definition) is 2. The summed E-state index contributed by atoms with van der Waals surface area (Å²) in [6.45, 7) is 2.16. The number of benzene rings is 2. The van der Waals surface area contributed by atoms with Crippen molar-refractivity contribution in [3.05, 3.63) is 88.1 Å². The molecule has 2 aromatic rings. The molecule has 138 valence electrons. The Morgan fingerprint density at radius 2 is 1.70 bits per heavy atom. The molecule has 0 saturated carbocycles. The molecule has 2 aromatic carbocycles. The van der Waals surface area contributed by atoms with Crippen molar-refractivity contribution in [1.82, 2.24) is 10.6 Å². The Hall–Kier alpha value is -2.53. The standard InChI is InChI=1S/C22H20F2N2S/c1-13-10-15(12-14-6-2-4-8-18(14)23)20-17(11-13)21(26-22(27)25-20)16-7-3-5-9-19(16)24/h2-9,12-13,21H,10-11H2,1H3,(H2,25,26,27)/b15-12+/t13-,21-/m1/s1.